The zero-order valence-electron chi connectivity index (χ0n) is 18.3. The zero-order chi connectivity index (χ0) is 24.8. The molecule has 0 saturated carbocycles. The average molecular weight is 485 g/mol. The van der Waals surface area contributed by atoms with Crippen LogP contribution in [-0.4, -0.2) is 18.5 Å². The maximum Gasteiger partial charge on any atom is 0.522 e. The van der Waals surface area contributed by atoms with Crippen LogP contribution in [0.25, 0.3) is 0 Å². The van der Waals surface area contributed by atoms with Crippen molar-refractivity contribution in [3.63, 3.8) is 0 Å². The van der Waals surface area contributed by atoms with Crippen LogP contribution in [0.3, 0.4) is 0 Å². The highest BCUT2D eigenvalue weighted by Gasteiger charge is 2.44. The van der Waals surface area contributed by atoms with E-state index in [2.05, 4.69) is 122 Å². The van der Waals surface area contributed by atoms with E-state index in [-0.39, 0.29) is 5.41 Å². The second kappa shape index (κ2) is 10.2. The first-order valence-electron chi connectivity index (χ1n) is 10.3. The minimum Gasteiger partial charge on any atom is -0.279 e. The summed E-state index contributed by atoms with van der Waals surface area (Å²) in [4.78, 5) is 0. The van der Waals surface area contributed by atoms with E-state index in [4.69, 9.17) is 13.0 Å². The van der Waals surface area contributed by atoms with Gasteiger partial charge in [0, 0.05) is 0 Å². The third kappa shape index (κ3) is 5.38. The molecule has 0 fully saturated rings. The van der Waals surface area contributed by atoms with Gasteiger partial charge in [0.1, 0.15) is 0 Å². The Kier molecular flexibility index (Phi) is 7.59. The van der Waals surface area contributed by atoms with Gasteiger partial charge in [-0.15, -0.1) is 0 Å². The average Bonchev–Trinajstić information content (AvgIpc) is 2.82. The van der Waals surface area contributed by atoms with Crippen LogP contribution in [0.2, 0.25) is 0 Å². The fraction of sp³-hybridized carbons (Fsp3) is 0.111. The van der Waals surface area contributed by atoms with Crippen molar-refractivity contribution in [2.45, 2.75) is 17.8 Å². The van der Waals surface area contributed by atoms with E-state index in [0.29, 0.717) is 0 Å². The van der Waals surface area contributed by atoms with Crippen molar-refractivity contribution in [2.75, 3.05) is 0 Å². The van der Waals surface area contributed by atoms with Crippen LogP contribution in [-0.2, 0) is 15.5 Å². The highest BCUT2D eigenvalue weighted by molar-refractivity contribution is 7.86. The van der Waals surface area contributed by atoms with Crippen molar-refractivity contribution in [3.8, 4) is 0 Å². The number of halogens is 3. The van der Waals surface area contributed by atoms with Crippen LogP contribution in [0.15, 0.2) is 115 Å². The summed E-state index contributed by atoms with van der Waals surface area (Å²) in [6.45, 7) is 2.14. The molecule has 7 heteroatoms. The summed E-state index contributed by atoms with van der Waals surface area (Å²) in [6, 6.07) is 41.4. The van der Waals surface area contributed by atoms with Crippen molar-refractivity contribution in [1.82, 2.24) is 0 Å². The predicted molar refractivity (Wildman–Crippen MR) is 127 cm³/mol. The molecule has 4 aromatic carbocycles. The second-order valence-electron chi connectivity index (χ2n) is 7.63. The number of hydrogen-bond acceptors (Lipinski definition) is 2. The fourth-order valence-electron chi connectivity index (χ4n) is 3.87. The van der Waals surface area contributed by atoms with E-state index in [1.165, 1.54) is 27.8 Å². The Bertz CT molecular complexity index is 1190. The maximum atomic E-state index is 10.7. The monoisotopic (exact) mass is 484 g/mol. The van der Waals surface area contributed by atoms with E-state index < -0.39 is 15.6 Å². The van der Waals surface area contributed by atoms with Gasteiger partial charge in [0.15, 0.2) is 0 Å². The summed E-state index contributed by atoms with van der Waals surface area (Å²) in [6.07, 6.45) is 0. The Balaban J connectivity index is 0.000000350. The molecule has 3 nitrogen and oxygen atoms in total. The van der Waals surface area contributed by atoms with Crippen molar-refractivity contribution >= 4 is 10.1 Å². The quantitative estimate of drug-likeness (QED) is 0.198. The molecule has 4 aromatic rings. The summed E-state index contributed by atoms with van der Waals surface area (Å²) in [5.41, 5.74) is 0.525. The molecule has 176 valence electrons. The molecule has 0 aromatic heterocycles. The molecule has 4 rings (SSSR count). The Morgan fingerprint density at radius 1 is 0.559 bits per heavy atom. The van der Waals surface area contributed by atoms with Gasteiger partial charge in [-0.25, -0.2) is 0 Å². The SMILES string of the molecule is Cc1ccc(C(c2ccccc2)(c2ccccc2)c2ccccc2)cc1.O=S(=O)(O)C(F)(F)F. The van der Waals surface area contributed by atoms with Crippen LogP contribution in [0, 0.1) is 6.92 Å². The van der Waals surface area contributed by atoms with Crippen LogP contribution in [0.1, 0.15) is 27.8 Å². The topological polar surface area (TPSA) is 54.4 Å². The summed E-state index contributed by atoms with van der Waals surface area (Å²) in [5.74, 6) is 0. The van der Waals surface area contributed by atoms with Crippen LogP contribution >= 0.6 is 0 Å². The van der Waals surface area contributed by atoms with Gasteiger partial charge in [-0.2, -0.15) is 21.6 Å². The number of hydrogen-bond donors (Lipinski definition) is 1. The second-order valence-corrected chi connectivity index (χ2v) is 9.05. The third-order valence-corrected chi connectivity index (χ3v) is 5.98. The van der Waals surface area contributed by atoms with Crippen molar-refractivity contribution in [3.05, 3.63) is 143 Å². The smallest absolute Gasteiger partial charge is 0.279 e. The van der Waals surface area contributed by atoms with Gasteiger partial charge in [0.25, 0.3) is 0 Å². The molecule has 0 aliphatic heterocycles. The Labute approximate surface area is 197 Å². The van der Waals surface area contributed by atoms with Gasteiger partial charge in [0.05, 0.1) is 5.41 Å². The third-order valence-electron chi connectivity index (χ3n) is 5.40. The summed E-state index contributed by atoms with van der Waals surface area (Å²) in [5, 5.41) is 0. The molecule has 0 amide bonds. The molecule has 0 heterocycles. The van der Waals surface area contributed by atoms with Crippen molar-refractivity contribution in [1.29, 1.82) is 0 Å². The van der Waals surface area contributed by atoms with Crippen LogP contribution in [0.4, 0.5) is 13.2 Å². The molecule has 0 spiro atoms. The lowest BCUT2D eigenvalue weighted by molar-refractivity contribution is -0.0510. The lowest BCUT2D eigenvalue weighted by atomic mass is 9.65. The molecule has 0 bridgehead atoms. The van der Waals surface area contributed by atoms with Gasteiger partial charge in [-0.05, 0) is 29.2 Å². The van der Waals surface area contributed by atoms with Crippen LogP contribution < -0.4 is 0 Å². The highest BCUT2D eigenvalue weighted by Crippen LogP contribution is 2.44. The molecule has 0 aliphatic rings. The highest BCUT2D eigenvalue weighted by atomic mass is 32.2. The van der Waals surface area contributed by atoms with E-state index in [0.717, 1.165) is 0 Å². The number of rotatable bonds is 4. The molecular weight excluding hydrogens is 461 g/mol. The number of alkyl halides is 3. The van der Waals surface area contributed by atoms with E-state index in [1.54, 1.807) is 0 Å². The van der Waals surface area contributed by atoms with E-state index in [9.17, 15) is 13.2 Å². The summed E-state index contributed by atoms with van der Waals surface area (Å²) in [7, 11) is -5.84. The molecule has 0 radical (unpaired) electrons. The van der Waals surface area contributed by atoms with Gasteiger partial charge < -0.3 is 0 Å². The molecular formula is C27H23F3O3S. The van der Waals surface area contributed by atoms with Crippen molar-refractivity contribution in [2.24, 2.45) is 0 Å². The van der Waals surface area contributed by atoms with Crippen LogP contribution in [0.5, 0.6) is 0 Å². The Morgan fingerprint density at radius 3 is 1.09 bits per heavy atom. The largest absolute Gasteiger partial charge is 0.522 e. The maximum absolute atomic E-state index is 10.7. The summed E-state index contributed by atoms with van der Waals surface area (Å²) >= 11 is 0. The lowest BCUT2D eigenvalue weighted by Gasteiger charge is -2.36. The Hall–Kier alpha value is -3.42. The first kappa shape index (κ1) is 25.2. The molecule has 0 saturated heterocycles. The molecule has 34 heavy (non-hydrogen) atoms. The van der Waals surface area contributed by atoms with Gasteiger partial charge in [-0.3, -0.25) is 4.55 Å². The number of benzene rings is 4. The first-order valence-corrected chi connectivity index (χ1v) is 11.8. The Morgan fingerprint density at radius 2 is 0.824 bits per heavy atom. The van der Waals surface area contributed by atoms with Gasteiger partial charge >= 0.3 is 15.6 Å². The molecule has 0 aliphatic carbocycles. The fourth-order valence-corrected chi connectivity index (χ4v) is 3.87. The standard InChI is InChI=1S/C26H22.CHF3O3S/c1-21-17-19-25(20-18-21)26(22-11-5-2-6-12-22,23-13-7-3-8-14-23)24-15-9-4-10-16-24;2-1(3,4)8(5,6)7/h2-20H,1H3;(H,5,6,7). The zero-order valence-corrected chi connectivity index (χ0v) is 19.1. The molecule has 0 atom stereocenters. The van der Waals surface area contributed by atoms with E-state index >= 15 is 0 Å². The molecule has 0 unspecified atom stereocenters. The summed E-state index contributed by atoms with van der Waals surface area (Å²) < 4.78 is 57.5. The van der Waals surface area contributed by atoms with Gasteiger partial charge in [-0.1, -0.05) is 121 Å². The van der Waals surface area contributed by atoms with Gasteiger partial charge in [0.2, 0.25) is 0 Å². The van der Waals surface area contributed by atoms with E-state index in [1.807, 2.05) is 0 Å². The first-order chi connectivity index (χ1) is 16.1. The minimum absolute atomic E-state index is 0.336. The predicted octanol–water partition coefficient (Wildman–Crippen LogP) is 6.77. The lowest BCUT2D eigenvalue weighted by Crippen LogP contribution is -2.30. The normalized spacial score (nSPS) is 11.9. The minimum atomic E-state index is -5.84. The number of aryl methyl sites for hydroxylation is 1. The molecule has 1 N–H and O–H groups in total. The van der Waals surface area contributed by atoms with Crippen molar-refractivity contribution < 1.29 is 26.1 Å².